The van der Waals surface area contributed by atoms with Crippen LogP contribution in [0.4, 0.5) is 11.4 Å². The van der Waals surface area contributed by atoms with Crippen LogP contribution in [0.2, 0.25) is 0 Å². The highest BCUT2D eigenvalue weighted by Crippen LogP contribution is 2.16. The SMILES string of the molecule is CC(=O)Nc1ccc(NC(=O)[C@@H](Cc2ccccc2)NS(=O)(=O)c2ccccc2)cc1. The Labute approximate surface area is 181 Å². The molecule has 3 aromatic rings. The van der Waals surface area contributed by atoms with Gasteiger partial charge in [-0.2, -0.15) is 4.72 Å². The number of sulfonamides is 1. The highest BCUT2D eigenvalue weighted by atomic mass is 32.2. The van der Waals surface area contributed by atoms with Crippen LogP contribution in [0, 0.1) is 0 Å². The average molecular weight is 438 g/mol. The first kappa shape index (κ1) is 22.2. The number of anilines is 2. The first-order valence-corrected chi connectivity index (χ1v) is 11.1. The lowest BCUT2D eigenvalue weighted by molar-refractivity contribution is -0.117. The molecule has 0 aliphatic heterocycles. The van der Waals surface area contributed by atoms with Gasteiger partial charge in [0.25, 0.3) is 0 Å². The summed E-state index contributed by atoms with van der Waals surface area (Å²) < 4.78 is 28.1. The Kier molecular flexibility index (Phi) is 7.17. The number of benzene rings is 3. The van der Waals surface area contributed by atoms with Crippen LogP contribution >= 0.6 is 0 Å². The quantitative estimate of drug-likeness (QED) is 0.503. The summed E-state index contributed by atoms with van der Waals surface area (Å²) in [4.78, 5) is 24.2. The molecule has 7 nitrogen and oxygen atoms in total. The smallest absolute Gasteiger partial charge is 0.242 e. The molecule has 160 valence electrons. The van der Waals surface area contributed by atoms with Crippen molar-refractivity contribution < 1.29 is 18.0 Å². The van der Waals surface area contributed by atoms with Gasteiger partial charge in [-0.3, -0.25) is 9.59 Å². The van der Waals surface area contributed by atoms with Gasteiger partial charge in [-0.25, -0.2) is 8.42 Å². The molecule has 0 aliphatic carbocycles. The molecule has 0 fully saturated rings. The van der Waals surface area contributed by atoms with Gasteiger partial charge in [0, 0.05) is 18.3 Å². The molecule has 0 aromatic heterocycles. The molecule has 3 N–H and O–H groups in total. The lowest BCUT2D eigenvalue weighted by Crippen LogP contribution is -2.45. The van der Waals surface area contributed by atoms with Crippen LogP contribution in [0.15, 0.2) is 89.8 Å². The van der Waals surface area contributed by atoms with E-state index < -0.39 is 22.0 Å². The van der Waals surface area contributed by atoms with Gasteiger partial charge < -0.3 is 10.6 Å². The van der Waals surface area contributed by atoms with Crippen molar-refractivity contribution in [2.24, 2.45) is 0 Å². The van der Waals surface area contributed by atoms with Crippen LogP contribution < -0.4 is 15.4 Å². The zero-order valence-electron chi connectivity index (χ0n) is 16.9. The van der Waals surface area contributed by atoms with Crippen molar-refractivity contribution in [2.45, 2.75) is 24.3 Å². The molecule has 0 spiro atoms. The summed E-state index contributed by atoms with van der Waals surface area (Å²) >= 11 is 0. The first-order valence-electron chi connectivity index (χ1n) is 9.63. The fourth-order valence-electron chi connectivity index (χ4n) is 2.96. The van der Waals surface area contributed by atoms with E-state index in [-0.39, 0.29) is 17.2 Å². The third-order valence-electron chi connectivity index (χ3n) is 4.42. The molecule has 0 aliphatic rings. The minimum Gasteiger partial charge on any atom is -0.326 e. The van der Waals surface area contributed by atoms with E-state index in [0.717, 1.165) is 5.56 Å². The summed E-state index contributed by atoms with van der Waals surface area (Å²) in [5.74, 6) is -0.689. The molecule has 2 amide bonds. The Morgan fingerprint density at radius 1 is 0.774 bits per heavy atom. The molecule has 0 saturated heterocycles. The second-order valence-electron chi connectivity index (χ2n) is 6.92. The lowest BCUT2D eigenvalue weighted by Gasteiger charge is -2.19. The van der Waals surface area contributed by atoms with Gasteiger partial charge >= 0.3 is 0 Å². The number of carbonyl (C=O) groups excluding carboxylic acids is 2. The van der Waals surface area contributed by atoms with E-state index in [1.54, 1.807) is 42.5 Å². The van der Waals surface area contributed by atoms with E-state index in [1.807, 2.05) is 30.3 Å². The fourth-order valence-corrected chi connectivity index (χ4v) is 4.18. The van der Waals surface area contributed by atoms with Crippen molar-refractivity contribution in [1.29, 1.82) is 0 Å². The molecule has 3 aromatic carbocycles. The van der Waals surface area contributed by atoms with E-state index in [4.69, 9.17) is 0 Å². The summed E-state index contributed by atoms with van der Waals surface area (Å²) in [6.45, 7) is 1.41. The average Bonchev–Trinajstić information content (AvgIpc) is 2.75. The highest BCUT2D eigenvalue weighted by molar-refractivity contribution is 7.89. The standard InChI is InChI=1S/C23H23N3O4S/c1-17(27)24-19-12-14-20(15-13-19)25-23(28)22(16-18-8-4-2-5-9-18)26-31(29,30)21-10-6-3-7-11-21/h2-15,22,26H,16H2,1H3,(H,24,27)(H,25,28)/t22-/m1/s1. The summed E-state index contributed by atoms with van der Waals surface area (Å²) in [6, 6.07) is 22.6. The van der Waals surface area contributed by atoms with Crippen LogP contribution in [0.3, 0.4) is 0 Å². The number of nitrogens with one attached hydrogen (secondary N) is 3. The molecular weight excluding hydrogens is 414 g/mol. The minimum absolute atomic E-state index is 0.0838. The summed E-state index contributed by atoms with van der Waals surface area (Å²) in [5.41, 5.74) is 1.90. The zero-order chi connectivity index (χ0) is 22.3. The third-order valence-corrected chi connectivity index (χ3v) is 5.91. The van der Waals surface area contributed by atoms with Crippen molar-refractivity contribution in [3.05, 3.63) is 90.5 Å². The van der Waals surface area contributed by atoms with Gasteiger partial charge in [-0.15, -0.1) is 0 Å². The van der Waals surface area contributed by atoms with Crippen molar-refractivity contribution in [2.75, 3.05) is 10.6 Å². The fraction of sp³-hybridized carbons (Fsp3) is 0.130. The molecule has 0 unspecified atom stereocenters. The monoisotopic (exact) mass is 437 g/mol. The normalized spacial score (nSPS) is 12.0. The number of amides is 2. The number of carbonyl (C=O) groups is 2. The van der Waals surface area contributed by atoms with Gasteiger partial charge in [-0.05, 0) is 48.4 Å². The van der Waals surface area contributed by atoms with Gasteiger partial charge in [-0.1, -0.05) is 48.5 Å². The Hall–Kier alpha value is -3.49. The Bertz CT molecular complexity index is 1130. The summed E-state index contributed by atoms with van der Waals surface area (Å²) in [6.07, 6.45) is 0.183. The largest absolute Gasteiger partial charge is 0.326 e. The van der Waals surface area contributed by atoms with E-state index in [2.05, 4.69) is 15.4 Å². The number of rotatable bonds is 8. The van der Waals surface area contributed by atoms with Gasteiger partial charge in [0.15, 0.2) is 0 Å². The predicted octanol–water partition coefficient (Wildman–Crippen LogP) is 3.17. The van der Waals surface area contributed by atoms with Crippen molar-refractivity contribution in [3.8, 4) is 0 Å². The minimum atomic E-state index is -3.90. The van der Waals surface area contributed by atoms with E-state index in [9.17, 15) is 18.0 Å². The van der Waals surface area contributed by atoms with Crippen molar-refractivity contribution in [1.82, 2.24) is 4.72 Å². The summed E-state index contributed by atoms with van der Waals surface area (Å²) in [7, 11) is -3.90. The molecule has 0 saturated carbocycles. The van der Waals surface area contributed by atoms with E-state index in [0.29, 0.717) is 11.4 Å². The molecular formula is C23H23N3O4S. The molecule has 0 heterocycles. The van der Waals surface area contributed by atoms with Gasteiger partial charge in [0.2, 0.25) is 21.8 Å². The lowest BCUT2D eigenvalue weighted by atomic mass is 10.1. The molecule has 8 heteroatoms. The second-order valence-corrected chi connectivity index (χ2v) is 8.64. The Balaban J connectivity index is 1.80. The number of hydrogen-bond donors (Lipinski definition) is 3. The maximum absolute atomic E-state index is 13.0. The first-order chi connectivity index (χ1) is 14.8. The van der Waals surface area contributed by atoms with Crippen molar-refractivity contribution in [3.63, 3.8) is 0 Å². The Morgan fingerprint density at radius 3 is 1.84 bits per heavy atom. The van der Waals surface area contributed by atoms with Crippen LogP contribution in [0.1, 0.15) is 12.5 Å². The van der Waals surface area contributed by atoms with Gasteiger partial charge in [0.05, 0.1) is 4.90 Å². The second kappa shape index (κ2) is 10.0. The van der Waals surface area contributed by atoms with Crippen LogP contribution in [0.5, 0.6) is 0 Å². The summed E-state index contributed by atoms with van der Waals surface area (Å²) in [5, 5.41) is 5.38. The molecule has 31 heavy (non-hydrogen) atoms. The van der Waals surface area contributed by atoms with Crippen LogP contribution in [0.25, 0.3) is 0 Å². The maximum Gasteiger partial charge on any atom is 0.242 e. The maximum atomic E-state index is 13.0. The topological polar surface area (TPSA) is 104 Å². The van der Waals surface area contributed by atoms with E-state index in [1.165, 1.54) is 19.1 Å². The molecule has 3 rings (SSSR count). The van der Waals surface area contributed by atoms with Crippen LogP contribution in [-0.2, 0) is 26.0 Å². The predicted molar refractivity (Wildman–Crippen MR) is 120 cm³/mol. The molecule has 0 bridgehead atoms. The van der Waals surface area contributed by atoms with Crippen molar-refractivity contribution >= 4 is 33.2 Å². The molecule has 1 atom stereocenters. The van der Waals surface area contributed by atoms with Gasteiger partial charge in [0.1, 0.15) is 6.04 Å². The highest BCUT2D eigenvalue weighted by Gasteiger charge is 2.26. The Morgan fingerprint density at radius 2 is 1.29 bits per heavy atom. The number of hydrogen-bond acceptors (Lipinski definition) is 4. The zero-order valence-corrected chi connectivity index (χ0v) is 17.7. The third kappa shape index (κ3) is 6.50. The van der Waals surface area contributed by atoms with Crippen LogP contribution in [-0.4, -0.2) is 26.3 Å². The van der Waals surface area contributed by atoms with E-state index >= 15 is 0 Å². The molecule has 0 radical (unpaired) electrons.